The SMILES string of the molecule is NN(C(=O)N[C@@H](CCC(=O)O)C(=O)O)[C@@H](CCCCNC(=O)[C@H](Cc1ccc2ccccc2c1)NC(=O)C1CCC(CNC(=O)CN2CCN(CC(=O)O)CCN(CC(=O)O)CCN(CC(=O)O)CC2)CC1)C(=O)O. The van der Waals surface area contributed by atoms with Crippen molar-refractivity contribution in [3.05, 3.63) is 48.0 Å². The minimum absolute atomic E-state index is 0.0331. The quantitative estimate of drug-likeness (QED) is 0.0226. The van der Waals surface area contributed by atoms with E-state index in [0.29, 0.717) is 50.3 Å². The van der Waals surface area contributed by atoms with E-state index in [1.165, 1.54) is 0 Å². The summed E-state index contributed by atoms with van der Waals surface area (Å²) in [6.45, 7) is 1.64. The summed E-state index contributed by atoms with van der Waals surface area (Å²) < 4.78 is 0. The number of carbonyl (C=O) groups is 10. The summed E-state index contributed by atoms with van der Waals surface area (Å²) in [7, 11) is 0. The molecule has 2 fully saturated rings. The molecule has 0 spiro atoms. The lowest BCUT2D eigenvalue weighted by molar-refractivity contribution is -0.143. The predicted molar refractivity (Wildman–Crippen MR) is 268 cm³/mol. The number of nitrogens with zero attached hydrogens (tertiary/aromatic N) is 5. The standard InChI is InChI=1S/C49H72N10O16/c50-59(49(75)54-37(47(71)72)14-15-41(61)62)39(48(73)74)7-3-4-16-51-46(70)38(26-33-10-11-34-5-1-2-6-36(34)25-33)53-45(69)35-12-8-32(9-13-35)27-52-40(60)28-55-17-19-56(29-42(63)64)21-23-58(31-44(67)68)24-22-57(20-18-55)30-43(65)66/h1-2,5-6,10-11,25,32,35,37-39H,3-4,7-9,12-24,26-31,50H2,(H,51,70)(H,52,60)(H,53,69)(H,54,75)(H,61,62)(H,63,64)(H,65,66)(H,67,68)(H,71,72)(H,73,74)/t32?,35?,37-,38-,39-/m0/s1. The second-order valence-corrected chi connectivity index (χ2v) is 19.1. The molecule has 1 saturated heterocycles. The van der Waals surface area contributed by atoms with Crippen LogP contribution >= 0.6 is 0 Å². The maximum atomic E-state index is 13.8. The molecule has 12 N–H and O–H groups in total. The first kappa shape index (κ1) is 60.6. The Morgan fingerprint density at radius 3 is 1.63 bits per heavy atom. The molecule has 2 aromatic carbocycles. The maximum absolute atomic E-state index is 13.8. The second kappa shape index (κ2) is 31.0. The first-order valence-corrected chi connectivity index (χ1v) is 25.1. The third-order valence-corrected chi connectivity index (χ3v) is 13.4. The number of urea groups is 1. The van der Waals surface area contributed by atoms with Crippen LogP contribution in [-0.2, 0) is 49.6 Å². The zero-order chi connectivity index (χ0) is 55.0. The number of fused-ring (bicyclic) bond motifs is 1. The Bertz CT molecular complexity index is 2270. The molecule has 26 nitrogen and oxygen atoms in total. The average Bonchev–Trinajstić information content (AvgIpc) is 3.35. The van der Waals surface area contributed by atoms with Crippen molar-refractivity contribution < 1.29 is 78.6 Å². The van der Waals surface area contributed by atoms with E-state index in [2.05, 4.69) is 16.0 Å². The first-order chi connectivity index (χ1) is 35.7. The fourth-order valence-corrected chi connectivity index (χ4v) is 9.10. The summed E-state index contributed by atoms with van der Waals surface area (Å²) in [4.78, 5) is 130. The first-order valence-electron chi connectivity index (χ1n) is 25.1. The second-order valence-electron chi connectivity index (χ2n) is 19.1. The molecule has 3 atom stereocenters. The van der Waals surface area contributed by atoms with Crippen molar-refractivity contribution >= 4 is 70.3 Å². The number of amides is 5. The van der Waals surface area contributed by atoms with Gasteiger partial charge >= 0.3 is 41.8 Å². The Morgan fingerprint density at radius 2 is 1.12 bits per heavy atom. The van der Waals surface area contributed by atoms with Crippen molar-refractivity contribution in [2.75, 3.05) is 91.6 Å². The molecular formula is C49H72N10O16. The molecule has 2 aromatic rings. The normalized spacial score (nSPS) is 18.7. The van der Waals surface area contributed by atoms with Gasteiger partial charge in [0.05, 0.1) is 26.2 Å². The van der Waals surface area contributed by atoms with Crippen LogP contribution in [0.2, 0.25) is 0 Å². The summed E-state index contributed by atoms with van der Waals surface area (Å²) in [5.74, 6) is -3.11. The van der Waals surface area contributed by atoms with Gasteiger partial charge in [-0.15, -0.1) is 0 Å². The van der Waals surface area contributed by atoms with Gasteiger partial charge < -0.3 is 51.9 Å². The van der Waals surface area contributed by atoms with Crippen molar-refractivity contribution in [3.8, 4) is 0 Å². The molecule has 0 aromatic heterocycles. The number of nitrogens with one attached hydrogen (secondary N) is 4. The lowest BCUT2D eigenvalue weighted by Crippen LogP contribution is -2.56. The molecule has 0 bridgehead atoms. The minimum Gasteiger partial charge on any atom is -0.481 e. The molecule has 1 heterocycles. The van der Waals surface area contributed by atoms with Crippen LogP contribution in [0.4, 0.5) is 4.79 Å². The summed E-state index contributed by atoms with van der Waals surface area (Å²) in [5, 5.41) is 69.6. The Labute approximate surface area is 433 Å². The molecule has 0 unspecified atom stereocenters. The van der Waals surface area contributed by atoms with Gasteiger partial charge in [0, 0.05) is 84.2 Å². The van der Waals surface area contributed by atoms with E-state index in [1.54, 1.807) is 14.7 Å². The molecule has 0 radical (unpaired) electrons. The number of hydrogen-bond acceptors (Lipinski definition) is 15. The number of rotatable bonds is 27. The van der Waals surface area contributed by atoms with Gasteiger partial charge in [-0.1, -0.05) is 42.5 Å². The monoisotopic (exact) mass is 1060 g/mol. The molecule has 2 aliphatic rings. The van der Waals surface area contributed by atoms with E-state index in [4.69, 9.17) is 10.9 Å². The fraction of sp³-hybridized carbons (Fsp3) is 0.592. The molecule has 1 aliphatic heterocycles. The molecule has 26 heteroatoms. The number of carboxylic acid groups (broad SMARTS) is 6. The molecule has 1 saturated carbocycles. The van der Waals surface area contributed by atoms with Gasteiger partial charge in [0.2, 0.25) is 17.7 Å². The summed E-state index contributed by atoms with van der Waals surface area (Å²) in [6, 6.07) is 7.99. The van der Waals surface area contributed by atoms with Gasteiger partial charge in [0.25, 0.3) is 0 Å². The van der Waals surface area contributed by atoms with E-state index in [0.717, 1.165) is 16.3 Å². The number of carbonyl (C=O) groups excluding carboxylic acids is 4. The van der Waals surface area contributed by atoms with Crippen LogP contribution in [0.3, 0.4) is 0 Å². The van der Waals surface area contributed by atoms with E-state index >= 15 is 0 Å². The number of hydrazine groups is 1. The van der Waals surface area contributed by atoms with E-state index in [1.807, 2.05) is 52.7 Å². The fourth-order valence-electron chi connectivity index (χ4n) is 9.10. The van der Waals surface area contributed by atoms with Gasteiger partial charge in [0.1, 0.15) is 18.1 Å². The van der Waals surface area contributed by atoms with Crippen molar-refractivity contribution in [2.24, 2.45) is 17.7 Å². The molecule has 4 rings (SSSR count). The number of unbranched alkanes of at least 4 members (excludes halogenated alkanes) is 1. The van der Waals surface area contributed by atoms with Crippen LogP contribution in [0.1, 0.15) is 63.4 Å². The minimum atomic E-state index is -1.63. The third kappa shape index (κ3) is 22.2. The summed E-state index contributed by atoms with van der Waals surface area (Å²) >= 11 is 0. The van der Waals surface area contributed by atoms with Crippen molar-refractivity contribution in [1.29, 1.82) is 0 Å². The molecule has 75 heavy (non-hydrogen) atoms. The topological polar surface area (TPSA) is 382 Å². The lowest BCUT2D eigenvalue weighted by atomic mass is 9.81. The van der Waals surface area contributed by atoms with Gasteiger partial charge in [0.15, 0.2) is 0 Å². The zero-order valence-electron chi connectivity index (χ0n) is 42.0. The van der Waals surface area contributed by atoms with Crippen LogP contribution in [0, 0.1) is 11.8 Å². The van der Waals surface area contributed by atoms with Gasteiger partial charge in [-0.2, -0.15) is 0 Å². The van der Waals surface area contributed by atoms with Crippen LogP contribution < -0.4 is 27.1 Å². The third-order valence-electron chi connectivity index (χ3n) is 13.4. The summed E-state index contributed by atoms with van der Waals surface area (Å²) in [6.07, 6.45) is 1.56. The molecule has 1 aliphatic carbocycles. The molecular weight excluding hydrogens is 985 g/mol. The van der Waals surface area contributed by atoms with Gasteiger partial charge in [-0.25, -0.2) is 25.2 Å². The van der Waals surface area contributed by atoms with Gasteiger partial charge in [-0.05, 0) is 73.6 Å². The number of benzene rings is 2. The van der Waals surface area contributed by atoms with E-state index in [-0.39, 0.29) is 115 Å². The van der Waals surface area contributed by atoms with E-state index in [9.17, 15) is 73.5 Å². The van der Waals surface area contributed by atoms with E-state index < -0.39 is 84.6 Å². The number of carboxylic acids is 6. The Morgan fingerprint density at radius 1 is 0.587 bits per heavy atom. The average molecular weight is 1060 g/mol. The zero-order valence-corrected chi connectivity index (χ0v) is 42.0. The molecule has 414 valence electrons. The van der Waals surface area contributed by atoms with Crippen LogP contribution in [0.5, 0.6) is 0 Å². The van der Waals surface area contributed by atoms with Crippen molar-refractivity contribution in [3.63, 3.8) is 0 Å². The number of aliphatic carboxylic acids is 6. The Balaban J connectivity index is 1.31. The molecule has 5 amide bonds. The smallest absolute Gasteiger partial charge is 0.333 e. The van der Waals surface area contributed by atoms with Crippen LogP contribution in [0.15, 0.2) is 42.5 Å². The van der Waals surface area contributed by atoms with Crippen molar-refractivity contribution in [1.82, 2.24) is 45.9 Å². The van der Waals surface area contributed by atoms with Crippen molar-refractivity contribution in [2.45, 2.75) is 82.3 Å². The Kier molecular flexibility index (Phi) is 25.0. The lowest BCUT2D eigenvalue weighted by Gasteiger charge is -2.33. The predicted octanol–water partition coefficient (Wildman–Crippen LogP) is -0.792. The Hall–Kier alpha value is -7.00. The highest BCUT2D eigenvalue weighted by molar-refractivity contribution is 5.89. The largest absolute Gasteiger partial charge is 0.481 e. The highest BCUT2D eigenvalue weighted by Gasteiger charge is 2.32. The van der Waals surface area contributed by atoms with Gasteiger partial charge in [-0.3, -0.25) is 53.2 Å². The van der Waals surface area contributed by atoms with Crippen LogP contribution in [-0.4, -0.2) is 225 Å². The number of hydrogen-bond donors (Lipinski definition) is 11. The van der Waals surface area contributed by atoms with Crippen LogP contribution in [0.25, 0.3) is 10.8 Å². The maximum Gasteiger partial charge on any atom is 0.333 e. The highest BCUT2D eigenvalue weighted by atomic mass is 16.4. The highest BCUT2D eigenvalue weighted by Crippen LogP contribution is 2.29. The number of nitrogens with two attached hydrogens (primary N) is 1. The summed E-state index contributed by atoms with van der Waals surface area (Å²) in [5.41, 5.74) is 0.791.